The van der Waals surface area contributed by atoms with Gasteiger partial charge >= 0.3 is 0 Å². The molecule has 0 N–H and O–H groups in total. The normalized spacial score (nSPS) is 11.0. The van der Waals surface area contributed by atoms with Gasteiger partial charge in [-0.25, -0.2) is 4.39 Å². The molecule has 0 aliphatic carbocycles. The molecule has 0 nitrogen and oxygen atoms in total. The van der Waals surface area contributed by atoms with Crippen LogP contribution in [0.4, 0.5) is 4.39 Å². The summed E-state index contributed by atoms with van der Waals surface area (Å²) in [6, 6.07) is 5.87. The van der Waals surface area contributed by atoms with E-state index in [1.807, 2.05) is 40.8 Å². The summed E-state index contributed by atoms with van der Waals surface area (Å²) in [5.74, 6) is -0.0735. The molecule has 1 heterocycles. The molecule has 2 aromatic rings. The van der Waals surface area contributed by atoms with Gasteiger partial charge in [-0.15, -0.1) is 11.3 Å². The fraction of sp³-hybridized carbons (Fsp3) is 0.111. The second-order valence-electron chi connectivity index (χ2n) is 2.61. The molecule has 2 rings (SSSR count). The third-order valence-electron chi connectivity index (χ3n) is 1.85. The molecule has 68 valence electrons. The van der Waals surface area contributed by atoms with Gasteiger partial charge in [-0.2, -0.15) is 0 Å². The number of thiophene rings is 1. The highest BCUT2D eigenvalue weighted by molar-refractivity contribution is 14.1. The SMILES string of the molecule is Fc1c(I)sc2cccc(CBr)c12. The van der Waals surface area contributed by atoms with Crippen molar-refractivity contribution in [2.24, 2.45) is 0 Å². The van der Waals surface area contributed by atoms with Crippen LogP contribution >= 0.6 is 49.9 Å². The van der Waals surface area contributed by atoms with Gasteiger partial charge in [0.1, 0.15) is 2.88 Å². The van der Waals surface area contributed by atoms with Crippen LogP contribution in [0.2, 0.25) is 0 Å². The van der Waals surface area contributed by atoms with Crippen molar-refractivity contribution in [3.8, 4) is 0 Å². The molecule has 0 unspecified atom stereocenters. The number of hydrogen-bond donors (Lipinski definition) is 0. The summed E-state index contributed by atoms with van der Waals surface area (Å²) in [6.07, 6.45) is 0. The highest BCUT2D eigenvalue weighted by atomic mass is 127. The lowest BCUT2D eigenvalue weighted by atomic mass is 10.1. The molecule has 0 aliphatic rings. The summed E-state index contributed by atoms with van der Waals surface area (Å²) in [5, 5.41) is 1.47. The summed E-state index contributed by atoms with van der Waals surface area (Å²) in [5.41, 5.74) is 1.02. The lowest BCUT2D eigenvalue weighted by Crippen LogP contribution is -1.80. The zero-order valence-corrected chi connectivity index (χ0v) is 11.0. The summed E-state index contributed by atoms with van der Waals surface area (Å²) < 4.78 is 15.4. The molecule has 0 radical (unpaired) electrons. The van der Waals surface area contributed by atoms with E-state index in [4.69, 9.17) is 0 Å². The average Bonchev–Trinajstić information content (AvgIpc) is 2.43. The third kappa shape index (κ3) is 1.64. The minimum atomic E-state index is -0.0735. The van der Waals surface area contributed by atoms with E-state index in [0.717, 1.165) is 18.5 Å². The van der Waals surface area contributed by atoms with Crippen molar-refractivity contribution in [3.63, 3.8) is 0 Å². The smallest absolute Gasteiger partial charge is 0.155 e. The molecule has 0 saturated carbocycles. The van der Waals surface area contributed by atoms with Gasteiger partial charge in [-0.05, 0) is 34.2 Å². The van der Waals surface area contributed by atoms with E-state index in [1.165, 1.54) is 11.3 Å². The standard InChI is InChI=1S/C9H5BrFIS/c10-4-5-2-1-3-6-7(5)8(11)9(12)13-6/h1-3H,4H2. The van der Waals surface area contributed by atoms with E-state index >= 15 is 0 Å². The van der Waals surface area contributed by atoms with Gasteiger partial charge in [-0.3, -0.25) is 0 Å². The molecule has 0 bridgehead atoms. The Hall–Kier alpha value is 0.320. The van der Waals surface area contributed by atoms with E-state index in [-0.39, 0.29) is 5.82 Å². The first-order chi connectivity index (χ1) is 6.24. The minimum absolute atomic E-state index is 0.0735. The zero-order valence-electron chi connectivity index (χ0n) is 6.48. The Morgan fingerprint density at radius 1 is 1.46 bits per heavy atom. The van der Waals surface area contributed by atoms with Crippen LogP contribution in [0.25, 0.3) is 10.1 Å². The summed E-state index contributed by atoms with van der Waals surface area (Å²) in [4.78, 5) is 0. The maximum atomic E-state index is 13.6. The molecule has 1 aromatic carbocycles. The molecule has 0 atom stereocenters. The molecule has 1 aromatic heterocycles. The van der Waals surface area contributed by atoms with E-state index in [2.05, 4.69) is 15.9 Å². The Bertz CT molecular complexity index is 452. The predicted octanol–water partition coefficient (Wildman–Crippen LogP) is 4.54. The van der Waals surface area contributed by atoms with Crippen molar-refractivity contribution in [1.82, 2.24) is 0 Å². The van der Waals surface area contributed by atoms with E-state index < -0.39 is 0 Å². The third-order valence-corrected chi connectivity index (χ3v) is 4.50. The predicted molar refractivity (Wildman–Crippen MR) is 67.1 cm³/mol. The Kier molecular flexibility index (Phi) is 2.90. The number of alkyl halides is 1. The molecule has 0 aliphatic heterocycles. The molecule has 0 amide bonds. The van der Waals surface area contributed by atoms with Crippen LogP contribution in [-0.2, 0) is 5.33 Å². The Morgan fingerprint density at radius 2 is 2.23 bits per heavy atom. The lowest BCUT2D eigenvalue weighted by Gasteiger charge is -1.97. The van der Waals surface area contributed by atoms with Crippen LogP contribution in [0.1, 0.15) is 5.56 Å². The van der Waals surface area contributed by atoms with E-state index in [9.17, 15) is 4.39 Å². The second-order valence-corrected chi connectivity index (χ2v) is 6.04. The Labute approximate surface area is 101 Å². The number of rotatable bonds is 1. The van der Waals surface area contributed by atoms with Crippen LogP contribution in [0.15, 0.2) is 18.2 Å². The van der Waals surface area contributed by atoms with Crippen molar-refractivity contribution < 1.29 is 4.39 Å². The maximum Gasteiger partial charge on any atom is 0.155 e. The van der Waals surface area contributed by atoms with Gasteiger partial charge in [0, 0.05) is 15.4 Å². The first kappa shape index (κ1) is 9.86. The van der Waals surface area contributed by atoms with E-state index in [1.54, 1.807) is 0 Å². The Morgan fingerprint density at radius 3 is 2.92 bits per heavy atom. The largest absolute Gasteiger partial charge is 0.204 e. The number of fused-ring (bicyclic) bond motifs is 1. The van der Waals surface area contributed by atoms with E-state index in [0.29, 0.717) is 5.33 Å². The molecule has 0 saturated heterocycles. The van der Waals surface area contributed by atoms with Crippen LogP contribution in [0.5, 0.6) is 0 Å². The number of benzene rings is 1. The van der Waals surface area contributed by atoms with Crippen LogP contribution in [-0.4, -0.2) is 0 Å². The monoisotopic (exact) mass is 370 g/mol. The molecule has 0 spiro atoms. The molecule has 13 heavy (non-hydrogen) atoms. The van der Waals surface area contributed by atoms with Crippen LogP contribution < -0.4 is 0 Å². The minimum Gasteiger partial charge on any atom is -0.204 e. The highest BCUT2D eigenvalue weighted by Crippen LogP contribution is 2.33. The topological polar surface area (TPSA) is 0 Å². The van der Waals surface area contributed by atoms with Crippen molar-refractivity contribution in [1.29, 1.82) is 0 Å². The average molecular weight is 371 g/mol. The summed E-state index contributed by atoms with van der Waals surface area (Å²) in [6.45, 7) is 0. The molecular formula is C9H5BrFIS. The maximum absolute atomic E-state index is 13.6. The lowest BCUT2D eigenvalue weighted by molar-refractivity contribution is 0.637. The van der Waals surface area contributed by atoms with Crippen molar-refractivity contribution in [2.45, 2.75) is 5.33 Å². The van der Waals surface area contributed by atoms with Crippen molar-refractivity contribution in [3.05, 3.63) is 32.5 Å². The van der Waals surface area contributed by atoms with Crippen LogP contribution in [0.3, 0.4) is 0 Å². The number of halogens is 3. The van der Waals surface area contributed by atoms with Crippen molar-refractivity contribution in [2.75, 3.05) is 0 Å². The fourth-order valence-electron chi connectivity index (χ4n) is 1.26. The highest BCUT2D eigenvalue weighted by Gasteiger charge is 2.12. The fourth-order valence-corrected chi connectivity index (χ4v) is 3.56. The summed E-state index contributed by atoms with van der Waals surface area (Å²) in [7, 11) is 0. The van der Waals surface area contributed by atoms with Gasteiger partial charge in [0.2, 0.25) is 0 Å². The van der Waals surface area contributed by atoms with Crippen LogP contribution in [0, 0.1) is 8.70 Å². The molecule has 0 fully saturated rings. The Balaban J connectivity index is 2.87. The number of hydrogen-bond acceptors (Lipinski definition) is 1. The van der Waals surface area contributed by atoms with Gasteiger partial charge in [0.25, 0.3) is 0 Å². The summed E-state index contributed by atoms with van der Waals surface area (Å²) >= 11 is 6.90. The second kappa shape index (κ2) is 3.82. The molecule has 4 heteroatoms. The first-order valence-corrected chi connectivity index (χ1v) is 6.67. The zero-order chi connectivity index (χ0) is 9.42. The van der Waals surface area contributed by atoms with Gasteiger partial charge in [0.15, 0.2) is 5.82 Å². The van der Waals surface area contributed by atoms with Gasteiger partial charge in [0.05, 0.1) is 0 Å². The van der Waals surface area contributed by atoms with Crippen molar-refractivity contribution >= 4 is 59.9 Å². The van der Waals surface area contributed by atoms with Gasteiger partial charge < -0.3 is 0 Å². The van der Waals surface area contributed by atoms with Gasteiger partial charge in [-0.1, -0.05) is 28.1 Å². The quantitative estimate of drug-likeness (QED) is 0.510. The first-order valence-electron chi connectivity index (χ1n) is 3.65. The molecular weight excluding hydrogens is 366 g/mol.